The molecule has 7 heteroatoms. The average Bonchev–Trinajstić information content (AvgIpc) is 2.86. The van der Waals surface area contributed by atoms with E-state index in [0.29, 0.717) is 25.2 Å². The molecule has 0 radical (unpaired) electrons. The molecule has 2 aromatic rings. The highest BCUT2D eigenvalue weighted by Gasteiger charge is 2.30. The van der Waals surface area contributed by atoms with Crippen LogP contribution in [0.25, 0.3) is 11.0 Å². The lowest BCUT2D eigenvalue weighted by atomic mass is 9.95. The van der Waals surface area contributed by atoms with Crippen LogP contribution in [0, 0.1) is 11.7 Å². The van der Waals surface area contributed by atoms with Gasteiger partial charge in [0.2, 0.25) is 10.0 Å². The van der Waals surface area contributed by atoms with Crippen molar-refractivity contribution < 1.29 is 17.2 Å². The SMILES string of the molecule is C[C@@H]1CN(S(C)(=O)=O)CC[C@H]1NCc1cc2cc(F)ccc2o1. The largest absolute Gasteiger partial charge is 0.460 e. The molecular formula is C16H21FN2O3S. The molecular weight excluding hydrogens is 319 g/mol. The van der Waals surface area contributed by atoms with E-state index in [1.165, 1.54) is 22.7 Å². The molecule has 0 aliphatic carbocycles. The van der Waals surface area contributed by atoms with Crippen molar-refractivity contribution in [3.63, 3.8) is 0 Å². The highest BCUT2D eigenvalue weighted by molar-refractivity contribution is 7.88. The molecule has 0 bridgehead atoms. The molecule has 126 valence electrons. The lowest BCUT2D eigenvalue weighted by Gasteiger charge is -2.35. The second-order valence-electron chi connectivity index (χ2n) is 6.27. The van der Waals surface area contributed by atoms with E-state index in [1.54, 1.807) is 6.07 Å². The summed E-state index contributed by atoms with van der Waals surface area (Å²) in [6.07, 6.45) is 2.02. The molecule has 5 nitrogen and oxygen atoms in total. The molecule has 0 amide bonds. The quantitative estimate of drug-likeness (QED) is 0.928. The van der Waals surface area contributed by atoms with Gasteiger partial charge >= 0.3 is 0 Å². The van der Waals surface area contributed by atoms with Gasteiger partial charge in [0, 0.05) is 24.5 Å². The molecule has 1 N–H and O–H groups in total. The van der Waals surface area contributed by atoms with Crippen LogP contribution in [0.5, 0.6) is 0 Å². The van der Waals surface area contributed by atoms with Gasteiger partial charge in [0.05, 0.1) is 12.8 Å². The van der Waals surface area contributed by atoms with Crippen LogP contribution < -0.4 is 5.32 Å². The molecule has 1 saturated heterocycles. The maximum Gasteiger partial charge on any atom is 0.211 e. The topological polar surface area (TPSA) is 62.6 Å². The zero-order valence-corrected chi connectivity index (χ0v) is 14.1. The van der Waals surface area contributed by atoms with Crippen LogP contribution in [0.3, 0.4) is 0 Å². The van der Waals surface area contributed by atoms with Gasteiger partial charge in [-0.25, -0.2) is 17.1 Å². The lowest BCUT2D eigenvalue weighted by Crippen LogP contribution is -2.49. The van der Waals surface area contributed by atoms with Gasteiger partial charge in [-0.3, -0.25) is 0 Å². The van der Waals surface area contributed by atoms with Crippen molar-refractivity contribution in [2.24, 2.45) is 5.92 Å². The number of rotatable bonds is 4. The van der Waals surface area contributed by atoms with E-state index < -0.39 is 10.0 Å². The summed E-state index contributed by atoms with van der Waals surface area (Å²) in [6.45, 7) is 3.65. The summed E-state index contributed by atoms with van der Waals surface area (Å²) in [6, 6.07) is 6.53. The first-order valence-electron chi connectivity index (χ1n) is 7.69. The number of nitrogens with one attached hydrogen (secondary N) is 1. The molecule has 2 heterocycles. The van der Waals surface area contributed by atoms with Crippen LogP contribution >= 0.6 is 0 Å². The zero-order valence-electron chi connectivity index (χ0n) is 13.3. The Labute approximate surface area is 135 Å². The molecule has 23 heavy (non-hydrogen) atoms. The molecule has 1 aliphatic rings. The summed E-state index contributed by atoms with van der Waals surface area (Å²) in [5, 5.41) is 4.18. The van der Waals surface area contributed by atoms with Crippen molar-refractivity contribution in [2.45, 2.75) is 25.9 Å². The van der Waals surface area contributed by atoms with Crippen molar-refractivity contribution in [2.75, 3.05) is 19.3 Å². The summed E-state index contributed by atoms with van der Waals surface area (Å²) in [4.78, 5) is 0. The average molecular weight is 340 g/mol. The van der Waals surface area contributed by atoms with Crippen LogP contribution in [0.15, 0.2) is 28.7 Å². The number of fused-ring (bicyclic) bond motifs is 1. The molecule has 2 atom stereocenters. The zero-order chi connectivity index (χ0) is 16.6. The number of benzene rings is 1. The Kier molecular flexibility index (Phi) is 4.44. The van der Waals surface area contributed by atoms with Crippen LogP contribution in [0.1, 0.15) is 19.1 Å². The number of furan rings is 1. The summed E-state index contributed by atoms with van der Waals surface area (Å²) in [5.41, 5.74) is 0.670. The van der Waals surface area contributed by atoms with Gasteiger partial charge < -0.3 is 9.73 Å². The van der Waals surface area contributed by atoms with Crippen molar-refractivity contribution in [1.82, 2.24) is 9.62 Å². The molecule has 1 aromatic carbocycles. The first-order valence-corrected chi connectivity index (χ1v) is 9.54. The second-order valence-corrected chi connectivity index (χ2v) is 8.25. The summed E-state index contributed by atoms with van der Waals surface area (Å²) >= 11 is 0. The van der Waals surface area contributed by atoms with Crippen molar-refractivity contribution >= 4 is 21.0 Å². The predicted octanol–water partition coefficient (Wildman–Crippen LogP) is 2.33. The fourth-order valence-electron chi connectivity index (χ4n) is 3.10. The first-order chi connectivity index (χ1) is 10.8. The van der Waals surface area contributed by atoms with Gasteiger partial charge in [-0.05, 0) is 36.6 Å². The molecule has 0 spiro atoms. The summed E-state index contributed by atoms with van der Waals surface area (Å²) in [5.74, 6) is 0.697. The fourth-order valence-corrected chi connectivity index (χ4v) is 4.04. The van der Waals surface area contributed by atoms with Crippen molar-refractivity contribution in [1.29, 1.82) is 0 Å². The Balaban J connectivity index is 1.61. The van der Waals surface area contributed by atoms with Crippen LogP contribution in [0.2, 0.25) is 0 Å². The van der Waals surface area contributed by atoms with E-state index in [9.17, 15) is 12.8 Å². The molecule has 1 fully saturated rings. The molecule has 1 aromatic heterocycles. The van der Waals surface area contributed by atoms with E-state index in [-0.39, 0.29) is 17.8 Å². The Morgan fingerprint density at radius 2 is 2.17 bits per heavy atom. The van der Waals surface area contributed by atoms with Gasteiger partial charge in [-0.2, -0.15) is 0 Å². The standard InChI is InChI=1S/C16H21FN2O3S/c1-11-10-19(23(2,20)21)6-5-15(11)18-9-14-8-12-7-13(17)3-4-16(12)22-14/h3-4,7-8,11,15,18H,5-6,9-10H2,1-2H3/t11-,15-/m1/s1. The number of piperidine rings is 1. The number of hydrogen-bond acceptors (Lipinski definition) is 4. The Hall–Kier alpha value is -1.44. The lowest BCUT2D eigenvalue weighted by molar-refractivity contribution is 0.217. The Morgan fingerprint density at radius 3 is 2.87 bits per heavy atom. The third-order valence-electron chi connectivity index (χ3n) is 4.40. The maximum absolute atomic E-state index is 13.2. The third-order valence-corrected chi connectivity index (χ3v) is 5.67. The minimum Gasteiger partial charge on any atom is -0.460 e. The van der Waals surface area contributed by atoms with Gasteiger partial charge in [0.1, 0.15) is 17.2 Å². The normalized spacial score (nSPS) is 23.4. The first kappa shape index (κ1) is 16.4. The van der Waals surface area contributed by atoms with Crippen LogP contribution in [-0.2, 0) is 16.6 Å². The van der Waals surface area contributed by atoms with E-state index in [0.717, 1.165) is 17.6 Å². The fraction of sp³-hybridized carbons (Fsp3) is 0.500. The second kappa shape index (κ2) is 6.22. The number of nitrogens with zero attached hydrogens (tertiary/aromatic N) is 1. The monoisotopic (exact) mass is 340 g/mol. The number of halogens is 1. The Bertz CT molecular complexity index is 803. The third kappa shape index (κ3) is 3.73. The summed E-state index contributed by atoms with van der Waals surface area (Å²) in [7, 11) is -3.12. The molecule has 0 unspecified atom stereocenters. The minimum atomic E-state index is -3.12. The van der Waals surface area contributed by atoms with Crippen LogP contribution in [0.4, 0.5) is 4.39 Å². The highest BCUT2D eigenvalue weighted by Crippen LogP contribution is 2.22. The van der Waals surface area contributed by atoms with Gasteiger partial charge in [-0.15, -0.1) is 0 Å². The smallest absolute Gasteiger partial charge is 0.211 e. The van der Waals surface area contributed by atoms with Crippen LogP contribution in [-0.4, -0.2) is 38.1 Å². The molecule has 1 aliphatic heterocycles. The van der Waals surface area contributed by atoms with Crippen molar-refractivity contribution in [3.05, 3.63) is 35.8 Å². The minimum absolute atomic E-state index is 0.222. The van der Waals surface area contributed by atoms with Gasteiger partial charge in [-0.1, -0.05) is 6.92 Å². The van der Waals surface area contributed by atoms with E-state index >= 15 is 0 Å². The van der Waals surface area contributed by atoms with E-state index in [1.807, 2.05) is 13.0 Å². The van der Waals surface area contributed by atoms with E-state index in [2.05, 4.69) is 5.32 Å². The number of sulfonamides is 1. The molecule has 3 rings (SSSR count). The van der Waals surface area contributed by atoms with Crippen molar-refractivity contribution in [3.8, 4) is 0 Å². The van der Waals surface area contributed by atoms with E-state index in [4.69, 9.17) is 4.42 Å². The highest BCUT2D eigenvalue weighted by atomic mass is 32.2. The Morgan fingerprint density at radius 1 is 1.39 bits per heavy atom. The summed E-state index contributed by atoms with van der Waals surface area (Å²) < 4.78 is 43.6. The van der Waals surface area contributed by atoms with Gasteiger partial charge in [0.25, 0.3) is 0 Å². The maximum atomic E-state index is 13.2. The molecule has 0 saturated carbocycles. The predicted molar refractivity (Wildman–Crippen MR) is 87.0 cm³/mol. The number of hydrogen-bond donors (Lipinski definition) is 1. The van der Waals surface area contributed by atoms with Gasteiger partial charge in [0.15, 0.2) is 0 Å².